The van der Waals surface area contributed by atoms with Crippen LogP contribution in [0, 0.1) is 0 Å². The quantitative estimate of drug-likeness (QED) is 0.890. The Kier molecular flexibility index (Phi) is 4.96. The highest BCUT2D eigenvalue weighted by atomic mass is 32.2. The molecule has 140 valence electrons. The maximum Gasteiger partial charge on any atom is 0.244 e. The van der Waals surface area contributed by atoms with E-state index in [0.717, 1.165) is 37.5 Å². The van der Waals surface area contributed by atoms with Gasteiger partial charge in [0, 0.05) is 42.4 Å². The average Bonchev–Trinajstić information content (AvgIpc) is 2.67. The van der Waals surface area contributed by atoms with Crippen LogP contribution in [-0.4, -0.2) is 49.0 Å². The standard InChI is InChI=1S/C19H25N3O3S/c20-15-8-11-25-18(12-15)17-5-1-2-10-22(17)26(23,24)19-6-3-4-14-13-21-9-7-16(14)19/h3-4,6-7,9,13,15,17-18H,1-2,5,8,10-12,20H2. The molecular formula is C19H25N3O3S. The smallest absolute Gasteiger partial charge is 0.244 e. The van der Waals surface area contributed by atoms with Crippen molar-refractivity contribution < 1.29 is 13.2 Å². The topological polar surface area (TPSA) is 85.5 Å². The van der Waals surface area contributed by atoms with Crippen LogP contribution in [0.1, 0.15) is 32.1 Å². The zero-order valence-electron chi connectivity index (χ0n) is 14.8. The van der Waals surface area contributed by atoms with Crippen LogP contribution in [0.25, 0.3) is 10.8 Å². The number of sulfonamides is 1. The Morgan fingerprint density at radius 3 is 2.92 bits per heavy atom. The van der Waals surface area contributed by atoms with Crippen LogP contribution < -0.4 is 5.73 Å². The van der Waals surface area contributed by atoms with Crippen molar-refractivity contribution in [2.45, 2.75) is 55.2 Å². The number of aromatic nitrogens is 1. The van der Waals surface area contributed by atoms with E-state index in [9.17, 15) is 8.42 Å². The summed E-state index contributed by atoms with van der Waals surface area (Å²) >= 11 is 0. The van der Waals surface area contributed by atoms with Crippen LogP contribution >= 0.6 is 0 Å². The van der Waals surface area contributed by atoms with E-state index >= 15 is 0 Å². The summed E-state index contributed by atoms with van der Waals surface area (Å²) in [5, 5.41) is 1.55. The first-order valence-electron chi connectivity index (χ1n) is 9.29. The van der Waals surface area contributed by atoms with Gasteiger partial charge in [0.1, 0.15) is 0 Å². The molecule has 0 radical (unpaired) electrons. The van der Waals surface area contributed by atoms with E-state index in [2.05, 4.69) is 4.98 Å². The van der Waals surface area contributed by atoms with E-state index in [0.29, 0.717) is 23.4 Å². The third-order valence-electron chi connectivity index (χ3n) is 5.51. The first kappa shape index (κ1) is 17.9. The van der Waals surface area contributed by atoms with E-state index in [4.69, 9.17) is 10.5 Å². The molecule has 0 bridgehead atoms. The highest BCUT2D eigenvalue weighted by Gasteiger charge is 2.40. The minimum atomic E-state index is -3.62. The summed E-state index contributed by atoms with van der Waals surface area (Å²) in [6.07, 6.45) is 7.49. The number of hydrogen-bond donors (Lipinski definition) is 1. The third-order valence-corrected chi connectivity index (χ3v) is 7.49. The molecule has 3 heterocycles. The molecule has 4 rings (SSSR count). The van der Waals surface area contributed by atoms with Gasteiger partial charge in [-0.3, -0.25) is 4.98 Å². The summed E-state index contributed by atoms with van der Waals surface area (Å²) in [6, 6.07) is 7.08. The van der Waals surface area contributed by atoms with Crippen LogP contribution in [0.2, 0.25) is 0 Å². The van der Waals surface area contributed by atoms with Crippen molar-refractivity contribution in [1.82, 2.24) is 9.29 Å². The van der Waals surface area contributed by atoms with Gasteiger partial charge in [-0.25, -0.2) is 8.42 Å². The van der Waals surface area contributed by atoms with Gasteiger partial charge < -0.3 is 10.5 Å². The molecule has 1 aromatic heterocycles. The predicted molar refractivity (Wildman–Crippen MR) is 100 cm³/mol. The van der Waals surface area contributed by atoms with E-state index in [-0.39, 0.29) is 18.2 Å². The lowest BCUT2D eigenvalue weighted by Crippen LogP contribution is -2.53. The minimum absolute atomic E-state index is 0.0869. The Hall–Kier alpha value is -1.54. The Bertz CT molecular complexity index is 881. The molecule has 2 aromatic rings. The van der Waals surface area contributed by atoms with Crippen molar-refractivity contribution in [1.29, 1.82) is 0 Å². The number of piperidine rings is 1. The first-order valence-corrected chi connectivity index (χ1v) is 10.7. The van der Waals surface area contributed by atoms with Crippen LogP contribution in [0.3, 0.4) is 0 Å². The highest BCUT2D eigenvalue weighted by molar-refractivity contribution is 7.89. The Balaban J connectivity index is 1.72. The second kappa shape index (κ2) is 7.23. The van der Waals surface area contributed by atoms with Gasteiger partial charge >= 0.3 is 0 Å². The van der Waals surface area contributed by atoms with Gasteiger partial charge in [-0.15, -0.1) is 0 Å². The molecule has 1 aromatic carbocycles. The van der Waals surface area contributed by atoms with Crippen LogP contribution in [0.4, 0.5) is 0 Å². The molecule has 7 heteroatoms. The third kappa shape index (κ3) is 3.24. The molecule has 0 aliphatic carbocycles. The van der Waals surface area contributed by atoms with Gasteiger partial charge in [-0.1, -0.05) is 18.6 Å². The van der Waals surface area contributed by atoms with Gasteiger partial charge in [-0.2, -0.15) is 4.31 Å². The molecule has 6 nitrogen and oxygen atoms in total. The van der Waals surface area contributed by atoms with Gasteiger partial charge in [0.15, 0.2) is 0 Å². The number of nitrogens with zero attached hydrogens (tertiary/aromatic N) is 2. The average molecular weight is 375 g/mol. The molecule has 2 aliphatic rings. The Morgan fingerprint density at radius 2 is 2.08 bits per heavy atom. The molecule has 26 heavy (non-hydrogen) atoms. The van der Waals surface area contributed by atoms with Crippen molar-refractivity contribution in [3.8, 4) is 0 Å². The lowest BCUT2D eigenvalue weighted by molar-refractivity contribution is -0.0386. The fourth-order valence-electron chi connectivity index (χ4n) is 4.17. The molecule has 0 saturated carbocycles. The summed E-state index contributed by atoms with van der Waals surface area (Å²) < 4.78 is 34.7. The predicted octanol–water partition coefficient (Wildman–Crippen LogP) is 2.28. The summed E-state index contributed by atoms with van der Waals surface area (Å²) in [6.45, 7) is 1.14. The second-order valence-electron chi connectivity index (χ2n) is 7.23. The number of fused-ring (bicyclic) bond motifs is 1. The second-order valence-corrected chi connectivity index (χ2v) is 9.08. The number of ether oxygens (including phenoxy) is 1. The van der Waals surface area contributed by atoms with Gasteiger partial charge in [-0.05, 0) is 37.8 Å². The first-order chi connectivity index (χ1) is 12.6. The molecule has 2 N–H and O–H groups in total. The van der Waals surface area contributed by atoms with Crippen molar-refractivity contribution in [3.05, 3.63) is 36.7 Å². The lowest BCUT2D eigenvalue weighted by atomic mass is 9.93. The van der Waals surface area contributed by atoms with Crippen LogP contribution in [0.15, 0.2) is 41.6 Å². The molecule has 2 fully saturated rings. The molecule has 3 unspecified atom stereocenters. The zero-order chi connectivity index (χ0) is 18.1. The van der Waals surface area contributed by atoms with Gasteiger partial charge in [0.25, 0.3) is 0 Å². The fraction of sp³-hybridized carbons (Fsp3) is 0.526. The van der Waals surface area contributed by atoms with Gasteiger partial charge in [0.2, 0.25) is 10.0 Å². The molecule has 0 amide bonds. The largest absolute Gasteiger partial charge is 0.376 e. The normalized spacial score (nSPS) is 28.3. The van der Waals surface area contributed by atoms with Crippen molar-refractivity contribution in [3.63, 3.8) is 0 Å². The SMILES string of the molecule is NC1CCOC(C2CCCCN2S(=O)(=O)c2cccc3cnccc23)C1. The van der Waals surface area contributed by atoms with E-state index in [1.165, 1.54) is 0 Å². The van der Waals surface area contributed by atoms with Crippen molar-refractivity contribution in [2.75, 3.05) is 13.2 Å². The van der Waals surface area contributed by atoms with E-state index < -0.39 is 10.0 Å². The number of hydrogen-bond acceptors (Lipinski definition) is 5. The number of pyridine rings is 1. The fourth-order valence-corrected chi connectivity index (χ4v) is 6.10. The van der Waals surface area contributed by atoms with Crippen LogP contribution in [-0.2, 0) is 14.8 Å². The lowest BCUT2D eigenvalue weighted by Gasteiger charge is -2.41. The Morgan fingerprint density at radius 1 is 1.19 bits per heavy atom. The molecule has 0 spiro atoms. The Labute approximate surface area is 154 Å². The number of nitrogens with two attached hydrogens (primary N) is 1. The highest BCUT2D eigenvalue weighted by Crippen LogP contribution is 2.33. The number of rotatable bonds is 3. The summed E-state index contributed by atoms with van der Waals surface area (Å²) in [5.74, 6) is 0. The minimum Gasteiger partial charge on any atom is -0.376 e. The van der Waals surface area contributed by atoms with Crippen molar-refractivity contribution in [2.24, 2.45) is 5.73 Å². The summed E-state index contributed by atoms with van der Waals surface area (Å²) in [5.41, 5.74) is 6.12. The van der Waals surface area contributed by atoms with Crippen molar-refractivity contribution >= 4 is 20.8 Å². The maximum atomic E-state index is 13.6. The van der Waals surface area contributed by atoms with E-state index in [1.807, 2.05) is 6.07 Å². The molecule has 2 saturated heterocycles. The number of benzene rings is 1. The molecule has 3 atom stereocenters. The monoisotopic (exact) mass is 375 g/mol. The summed E-state index contributed by atoms with van der Waals surface area (Å²) in [4.78, 5) is 4.45. The summed E-state index contributed by atoms with van der Waals surface area (Å²) in [7, 11) is -3.62. The molecular weight excluding hydrogens is 350 g/mol. The zero-order valence-corrected chi connectivity index (χ0v) is 15.6. The van der Waals surface area contributed by atoms with Gasteiger partial charge in [0.05, 0.1) is 17.0 Å². The van der Waals surface area contributed by atoms with E-state index in [1.54, 1.807) is 34.9 Å². The maximum absolute atomic E-state index is 13.6. The van der Waals surface area contributed by atoms with Crippen LogP contribution in [0.5, 0.6) is 0 Å². The molecule has 2 aliphatic heterocycles.